The van der Waals surface area contributed by atoms with E-state index in [1.807, 2.05) is 16.0 Å². The molecule has 3 unspecified atom stereocenters. The van der Waals surface area contributed by atoms with Gasteiger partial charge < -0.3 is 4.98 Å². The lowest BCUT2D eigenvalue weighted by atomic mass is 9.93. The minimum absolute atomic E-state index is 0.0774. The van der Waals surface area contributed by atoms with E-state index < -0.39 is 0 Å². The summed E-state index contributed by atoms with van der Waals surface area (Å²) >= 11 is 6.95. The van der Waals surface area contributed by atoms with E-state index in [2.05, 4.69) is 18.8 Å². The van der Waals surface area contributed by atoms with Crippen LogP contribution in [0.2, 0.25) is 0 Å². The number of hydrogen-bond donors (Lipinski definition) is 1. The van der Waals surface area contributed by atoms with Gasteiger partial charge in [0.15, 0.2) is 4.77 Å². The second kappa shape index (κ2) is 4.87. The molecule has 102 valence electrons. The lowest BCUT2D eigenvalue weighted by molar-refractivity contribution is 0.321. The molecule has 0 radical (unpaired) electrons. The Bertz CT molecular complexity index is 712. The summed E-state index contributed by atoms with van der Waals surface area (Å²) in [6.07, 6.45) is 3.45. The van der Waals surface area contributed by atoms with Crippen molar-refractivity contribution in [3.05, 3.63) is 26.6 Å². The second-order valence-electron chi connectivity index (χ2n) is 5.44. The van der Waals surface area contributed by atoms with E-state index in [0.29, 0.717) is 16.6 Å². The predicted octanol–water partition coefficient (Wildman–Crippen LogP) is 4.12. The van der Waals surface area contributed by atoms with Gasteiger partial charge >= 0.3 is 0 Å². The first-order valence-electron chi connectivity index (χ1n) is 6.85. The van der Waals surface area contributed by atoms with E-state index >= 15 is 0 Å². The van der Waals surface area contributed by atoms with Crippen LogP contribution >= 0.6 is 23.6 Å². The Labute approximate surface area is 121 Å². The van der Waals surface area contributed by atoms with Crippen LogP contribution in [-0.2, 0) is 0 Å². The summed E-state index contributed by atoms with van der Waals surface area (Å²) in [5.41, 5.74) is 0.0774. The maximum atomic E-state index is 12.6. The number of nitrogens with one attached hydrogen (secondary N) is 1. The summed E-state index contributed by atoms with van der Waals surface area (Å²) in [4.78, 5) is 16.7. The Morgan fingerprint density at radius 3 is 3.00 bits per heavy atom. The Morgan fingerprint density at radius 2 is 2.32 bits per heavy atom. The molecule has 3 rings (SSSR count). The summed E-state index contributed by atoms with van der Waals surface area (Å²) in [6, 6.07) is 2.15. The molecule has 1 N–H and O–H groups in total. The fourth-order valence-electron chi connectivity index (χ4n) is 3.42. The molecular weight excluding hydrogens is 276 g/mol. The van der Waals surface area contributed by atoms with Gasteiger partial charge in [0.05, 0.1) is 5.39 Å². The van der Waals surface area contributed by atoms with Gasteiger partial charge in [0.1, 0.15) is 4.83 Å². The lowest BCUT2D eigenvalue weighted by Crippen LogP contribution is -2.28. The molecule has 0 bridgehead atoms. The molecule has 2 heterocycles. The summed E-state index contributed by atoms with van der Waals surface area (Å²) in [5, 5.41) is 2.71. The fourth-order valence-corrected chi connectivity index (χ4v) is 4.58. The maximum absolute atomic E-state index is 12.6. The van der Waals surface area contributed by atoms with Crippen LogP contribution in [-0.4, -0.2) is 9.55 Å². The molecule has 3 nitrogen and oxygen atoms in total. The Balaban J connectivity index is 2.16. The maximum Gasteiger partial charge on any atom is 0.263 e. The van der Waals surface area contributed by atoms with Crippen LogP contribution < -0.4 is 5.56 Å². The first kappa shape index (κ1) is 13.1. The number of fused-ring (bicyclic) bond motifs is 1. The highest BCUT2D eigenvalue weighted by Gasteiger charge is 2.34. The monoisotopic (exact) mass is 294 g/mol. The molecule has 0 amide bonds. The highest BCUT2D eigenvalue weighted by Crippen LogP contribution is 2.41. The van der Waals surface area contributed by atoms with Crippen LogP contribution in [0.3, 0.4) is 0 Å². The van der Waals surface area contributed by atoms with Crippen molar-refractivity contribution in [2.24, 2.45) is 11.8 Å². The minimum atomic E-state index is 0.0774. The summed E-state index contributed by atoms with van der Waals surface area (Å²) in [6.45, 7) is 4.49. The highest BCUT2D eigenvalue weighted by molar-refractivity contribution is 7.71. The Morgan fingerprint density at radius 1 is 1.53 bits per heavy atom. The molecule has 1 aliphatic carbocycles. The number of hydrogen-bond acceptors (Lipinski definition) is 3. The van der Waals surface area contributed by atoms with Gasteiger partial charge in [0.2, 0.25) is 0 Å². The van der Waals surface area contributed by atoms with Crippen molar-refractivity contribution in [3.63, 3.8) is 0 Å². The van der Waals surface area contributed by atoms with Crippen molar-refractivity contribution in [2.45, 2.75) is 39.2 Å². The zero-order valence-corrected chi connectivity index (χ0v) is 12.8. The summed E-state index contributed by atoms with van der Waals surface area (Å²) in [7, 11) is 0. The van der Waals surface area contributed by atoms with Gasteiger partial charge in [0, 0.05) is 6.04 Å². The summed E-state index contributed by atoms with van der Waals surface area (Å²) < 4.78 is 2.40. The Kier molecular flexibility index (Phi) is 3.35. The molecular formula is C14H18N2OS2. The van der Waals surface area contributed by atoms with E-state index in [1.54, 1.807) is 0 Å². The number of H-pyrrole nitrogens is 1. The zero-order chi connectivity index (χ0) is 13.6. The second-order valence-corrected chi connectivity index (χ2v) is 6.74. The van der Waals surface area contributed by atoms with Gasteiger partial charge in [-0.25, -0.2) is 0 Å². The van der Waals surface area contributed by atoms with Gasteiger partial charge in [0.25, 0.3) is 5.56 Å². The first-order valence-corrected chi connectivity index (χ1v) is 8.14. The van der Waals surface area contributed by atoms with Crippen molar-refractivity contribution >= 4 is 33.8 Å². The van der Waals surface area contributed by atoms with Crippen molar-refractivity contribution in [1.29, 1.82) is 0 Å². The molecule has 3 atom stereocenters. The molecule has 0 aliphatic heterocycles. The molecule has 0 saturated heterocycles. The van der Waals surface area contributed by atoms with E-state index in [1.165, 1.54) is 24.2 Å². The third-order valence-electron chi connectivity index (χ3n) is 4.59. The van der Waals surface area contributed by atoms with Crippen molar-refractivity contribution in [1.82, 2.24) is 9.55 Å². The van der Waals surface area contributed by atoms with E-state index in [0.717, 1.165) is 16.6 Å². The smallest absolute Gasteiger partial charge is 0.263 e. The largest absolute Gasteiger partial charge is 0.323 e. The number of aromatic nitrogens is 2. The van der Waals surface area contributed by atoms with Gasteiger partial charge in [-0.15, -0.1) is 11.3 Å². The number of aromatic amines is 1. The SMILES string of the molecule is CCC1CCC(n2c(=S)[nH]c3sccc3c2=O)C1C. The van der Waals surface area contributed by atoms with Crippen molar-refractivity contribution < 1.29 is 0 Å². The van der Waals surface area contributed by atoms with Crippen LogP contribution in [0.1, 0.15) is 39.2 Å². The van der Waals surface area contributed by atoms with Crippen molar-refractivity contribution in [3.8, 4) is 0 Å². The molecule has 1 saturated carbocycles. The third-order valence-corrected chi connectivity index (χ3v) is 5.72. The van der Waals surface area contributed by atoms with Crippen LogP contribution in [0.4, 0.5) is 0 Å². The Hall–Kier alpha value is -0.940. The van der Waals surface area contributed by atoms with Gasteiger partial charge in [-0.2, -0.15) is 0 Å². The normalized spacial score (nSPS) is 27.2. The lowest BCUT2D eigenvalue weighted by Gasteiger charge is -2.22. The molecule has 2 aromatic rings. The van der Waals surface area contributed by atoms with Gasteiger partial charge in [-0.1, -0.05) is 20.3 Å². The average Bonchev–Trinajstić information content (AvgIpc) is 2.97. The molecule has 2 aromatic heterocycles. The van der Waals surface area contributed by atoms with Crippen LogP contribution in [0.15, 0.2) is 16.2 Å². The molecule has 5 heteroatoms. The molecule has 1 aliphatic rings. The molecule has 19 heavy (non-hydrogen) atoms. The molecule has 1 fully saturated rings. The zero-order valence-electron chi connectivity index (χ0n) is 11.2. The minimum Gasteiger partial charge on any atom is -0.323 e. The average molecular weight is 294 g/mol. The predicted molar refractivity (Wildman–Crippen MR) is 82.5 cm³/mol. The number of rotatable bonds is 2. The summed E-state index contributed by atoms with van der Waals surface area (Å²) in [5.74, 6) is 1.23. The van der Waals surface area contributed by atoms with E-state index in [4.69, 9.17) is 12.2 Å². The quantitative estimate of drug-likeness (QED) is 0.846. The molecule has 0 aromatic carbocycles. The topological polar surface area (TPSA) is 37.8 Å². The highest BCUT2D eigenvalue weighted by atomic mass is 32.1. The first-order chi connectivity index (χ1) is 9.13. The van der Waals surface area contributed by atoms with E-state index in [9.17, 15) is 4.79 Å². The van der Waals surface area contributed by atoms with Crippen LogP contribution in [0.25, 0.3) is 10.2 Å². The van der Waals surface area contributed by atoms with E-state index in [-0.39, 0.29) is 11.6 Å². The van der Waals surface area contributed by atoms with Crippen LogP contribution in [0, 0.1) is 16.6 Å². The molecule has 0 spiro atoms. The van der Waals surface area contributed by atoms with Crippen LogP contribution in [0.5, 0.6) is 0 Å². The third kappa shape index (κ3) is 1.99. The number of thiophene rings is 1. The fraction of sp³-hybridized carbons (Fsp3) is 0.571. The number of nitrogens with zero attached hydrogens (tertiary/aromatic N) is 1. The van der Waals surface area contributed by atoms with Crippen molar-refractivity contribution in [2.75, 3.05) is 0 Å². The standard InChI is InChI=1S/C14H18N2OS2/c1-3-9-4-5-11(8(9)2)16-13(17)10-6-7-19-12(10)15-14(16)18/h6-9,11H,3-5H2,1-2H3,(H,15,18). The van der Waals surface area contributed by atoms with Gasteiger partial charge in [-0.3, -0.25) is 9.36 Å². The van der Waals surface area contributed by atoms with Gasteiger partial charge in [-0.05, 0) is 48.3 Å².